The van der Waals surface area contributed by atoms with Gasteiger partial charge in [-0.1, -0.05) is 24.3 Å². The third-order valence-corrected chi connectivity index (χ3v) is 3.64. The maximum atomic E-state index is 14.3. The fourth-order valence-electron chi connectivity index (χ4n) is 2.46. The number of benzene rings is 1. The molecule has 0 saturated heterocycles. The molecule has 0 spiro atoms. The predicted octanol–water partition coefficient (Wildman–Crippen LogP) is 3.19. The Morgan fingerprint density at radius 2 is 1.77 bits per heavy atom. The van der Waals surface area contributed by atoms with E-state index in [4.69, 9.17) is 10.5 Å². The van der Waals surface area contributed by atoms with Crippen molar-refractivity contribution < 1.29 is 9.13 Å². The van der Waals surface area contributed by atoms with E-state index >= 15 is 0 Å². The van der Waals surface area contributed by atoms with Crippen molar-refractivity contribution in [2.75, 3.05) is 5.73 Å². The van der Waals surface area contributed by atoms with Gasteiger partial charge in [-0.3, -0.25) is 4.98 Å². The summed E-state index contributed by atoms with van der Waals surface area (Å²) >= 11 is 0. The molecule has 0 fully saturated rings. The molecule has 0 unspecified atom stereocenters. The van der Waals surface area contributed by atoms with Crippen LogP contribution in [0, 0.1) is 28.5 Å². The highest BCUT2D eigenvalue weighted by molar-refractivity contribution is 5.82. The zero-order valence-corrected chi connectivity index (χ0v) is 13.5. The molecule has 0 aliphatic heterocycles. The molecule has 3 rings (SSSR count). The minimum Gasteiger partial charge on any atom is -0.470 e. The molecule has 7 heteroatoms. The van der Waals surface area contributed by atoms with E-state index in [0.29, 0.717) is 5.69 Å². The fourth-order valence-corrected chi connectivity index (χ4v) is 2.46. The molecule has 2 aromatic heterocycles. The van der Waals surface area contributed by atoms with Crippen molar-refractivity contribution in [3.8, 4) is 29.1 Å². The maximum Gasteiger partial charge on any atom is 0.234 e. The molecule has 3 aromatic rings. The van der Waals surface area contributed by atoms with Crippen LogP contribution in [-0.2, 0) is 6.61 Å². The average Bonchev–Trinajstić information content (AvgIpc) is 2.67. The van der Waals surface area contributed by atoms with Crippen molar-refractivity contribution in [2.45, 2.75) is 6.61 Å². The number of hydrogen-bond donors (Lipinski definition) is 1. The van der Waals surface area contributed by atoms with Gasteiger partial charge in [0, 0.05) is 17.3 Å². The summed E-state index contributed by atoms with van der Waals surface area (Å²) in [4.78, 5) is 8.13. The van der Waals surface area contributed by atoms with E-state index in [-0.39, 0.29) is 40.6 Å². The first kappa shape index (κ1) is 16.9. The molecule has 0 aliphatic carbocycles. The van der Waals surface area contributed by atoms with E-state index in [0.717, 1.165) is 0 Å². The SMILES string of the molecule is N#Cc1c(N)nc(OCc2ccccn2)c(C#N)c1-c1ccccc1F. The van der Waals surface area contributed by atoms with E-state index in [9.17, 15) is 14.9 Å². The second kappa shape index (κ2) is 7.29. The van der Waals surface area contributed by atoms with Gasteiger partial charge in [0.05, 0.1) is 5.69 Å². The highest BCUT2D eigenvalue weighted by atomic mass is 19.1. The van der Waals surface area contributed by atoms with Crippen molar-refractivity contribution in [2.24, 2.45) is 0 Å². The van der Waals surface area contributed by atoms with Gasteiger partial charge in [-0.05, 0) is 18.2 Å². The quantitative estimate of drug-likeness (QED) is 0.778. The van der Waals surface area contributed by atoms with Gasteiger partial charge in [-0.15, -0.1) is 0 Å². The highest BCUT2D eigenvalue weighted by Crippen LogP contribution is 2.36. The molecule has 1 aromatic carbocycles. The van der Waals surface area contributed by atoms with E-state index in [1.165, 1.54) is 18.2 Å². The molecule has 0 amide bonds. The number of anilines is 1. The Balaban J connectivity index is 2.14. The maximum absolute atomic E-state index is 14.3. The molecule has 0 bridgehead atoms. The monoisotopic (exact) mass is 345 g/mol. The van der Waals surface area contributed by atoms with Gasteiger partial charge >= 0.3 is 0 Å². The summed E-state index contributed by atoms with van der Waals surface area (Å²) in [5.74, 6) is -0.796. The van der Waals surface area contributed by atoms with Gasteiger partial charge in [0.1, 0.15) is 41.5 Å². The van der Waals surface area contributed by atoms with Crippen LogP contribution in [-0.4, -0.2) is 9.97 Å². The molecule has 6 nitrogen and oxygen atoms in total. The Labute approximate surface area is 148 Å². The van der Waals surface area contributed by atoms with E-state index in [2.05, 4.69) is 9.97 Å². The first-order chi connectivity index (χ1) is 12.7. The molecule has 0 saturated carbocycles. The van der Waals surface area contributed by atoms with E-state index < -0.39 is 5.82 Å². The van der Waals surface area contributed by atoms with Gasteiger partial charge in [0.2, 0.25) is 5.88 Å². The number of rotatable bonds is 4. The van der Waals surface area contributed by atoms with Crippen LogP contribution in [0.4, 0.5) is 10.2 Å². The molecule has 26 heavy (non-hydrogen) atoms. The first-order valence-corrected chi connectivity index (χ1v) is 7.57. The smallest absolute Gasteiger partial charge is 0.234 e. The number of nitriles is 2. The third kappa shape index (κ3) is 3.14. The zero-order chi connectivity index (χ0) is 18.5. The van der Waals surface area contributed by atoms with Crippen molar-refractivity contribution in [3.63, 3.8) is 0 Å². The Morgan fingerprint density at radius 1 is 1.04 bits per heavy atom. The molecule has 126 valence electrons. The van der Waals surface area contributed by atoms with Gasteiger partial charge in [0.25, 0.3) is 0 Å². The number of halogens is 1. The van der Waals surface area contributed by atoms with Crippen LogP contribution in [0.25, 0.3) is 11.1 Å². The number of nitrogens with two attached hydrogens (primary N) is 1. The van der Waals surface area contributed by atoms with Crippen LogP contribution in [0.15, 0.2) is 48.7 Å². The van der Waals surface area contributed by atoms with Crippen LogP contribution in [0.3, 0.4) is 0 Å². The number of nitrogen functional groups attached to an aromatic ring is 1. The summed E-state index contributed by atoms with van der Waals surface area (Å²) in [6, 6.07) is 15.0. The molecule has 0 aliphatic rings. The molecular weight excluding hydrogens is 333 g/mol. The van der Waals surface area contributed by atoms with Crippen LogP contribution < -0.4 is 10.5 Å². The number of pyridine rings is 2. The van der Waals surface area contributed by atoms with Crippen molar-refractivity contribution in [1.82, 2.24) is 9.97 Å². The normalized spacial score (nSPS) is 9.96. The number of hydrogen-bond acceptors (Lipinski definition) is 6. The molecule has 2 N–H and O–H groups in total. The van der Waals surface area contributed by atoms with E-state index in [1.807, 2.05) is 12.1 Å². The largest absolute Gasteiger partial charge is 0.470 e. The Bertz CT molecular complexity index is 1040. The van der Waals surface area contributed by atoms with Crippen molar-refractivity contribution in [3.05, 3.63) is 71.3 Å². The summed E-state index contributed by atoms with van der Waals surface area (Å²) in [6.07, 6.45) is 1.61. The lowest BCUT2D eigenvalue weighted by molar-refractivity contribution is 0.289. The van der Waals surface area contributed by atoms with Crippen molar-refractivity contribution >= 4 is 5.82 Å². The highest BCUT2D eigenvalue weighted by Gasteiger charge is 2.23. The summed E-state index contributed by atoms with van der Waals surface area (Å²) in [6.45, 7) is 0.0462. The lowest BCUT2D eigenvalue weighted by Crippen LogP contribution is -2.07. The van der Waals surface area contributed by atoms with Crippen molar-refractivity contribution in [1.29, 1.82) is 10.5 Å². The summed E-state index contributed by atoms with van der Waals surface area (Å²) < 4.78 is 19.9. The summed E-state index contributed by atoms with van der Waals surface area (Å²) in [5, 5.41) is 19.0. The van der Waals surface area contributed by atoms with Gasteiger partial charge in [-0.2, -0.15) is 15.5 Å². The molecule has 0 atom stereocenters. The lowest BCUT2D eigenvalue weighted by Gasteiger charge is -2.14. The van der Waals surface area contributed by atoms with Gasteiger partial charge < -0.3 is 10.5 Å². The van der Waals surface area contributed by atoms with Crippen LogP contribution in [0.1, 0.15) is 16.8 Å². The minimum absolute atomic E-state index is 0.0462. The van der Waals surface area contributed by atoms with Gasteiger partial charge in [-0.25, -0.2) is 4.39 Å². The van der Waals surface area contributed by atoms with E-state index in [1.54, 1.807) is 30.5 Å². The van der Waals surface area contributed by atoms with Crippen LogP contribution in [0.5, 0.6) is 5.88 Å². The molecule has 0 radical (unpaired) electrons. The fraction of sp³-hybridized carbons (Fsp3) is 0.0526. The van der Waals surface area contributed by atoms with Gasteiger partial charge in [0.15, 0.2) is 0 Å². The Kier molecular flexibility index (Phi) is 4.73. The van der Waals surface area contributed by atoms with Crippen LogP contribution in [0.2, 0.25) is 0 Å². The lowest BCUT2D eigenvalue weighted by atomic mass is 9.96. The second-order valence-electron chi connectivity index (χ2n) is 5.24. The zero-order valence-electron chi connectivity index (χ0n) is 13.5. The third-order valence-electron chi connectivity index (χ3n) is 3.64. The summed E-state index contributed by atoms with van der Waals surface area (Å²) in [5.41, 5.74) is 6.49. The average molecular weight is 345 g/mol. The molecule has 2 heterocycles. The minimum atomic E-state index is -0.582. The summed E-state index contributed by atoms with van der Waals surface area (Å²) in [7, 11) is 0. The number of nitrogens with zero attached hydrogens (tertiary/aromatic N) is 4. The standard InChI is InChI=1S/C19H12FN5O/c20-16-7-2-1-6-13(16)17-14(9-21)18(23)25-19(15(17)10-22)26-11-12-5-3-4-8-24-12/h1-8H,11H2,(H2,23,25). The number of aromatic nitrogens is 2. The predicted molar refractivity (Wildman–Crippen MR) is 92.0 cm³/mol. The molecular formula is C19H12FN5O. The Morgan fingerprint density at radius 3 is 2.42 bits per heavy atom. The first-order valence-electron chi connectivity index (χ1n) is 7.57. The number of ether oxygens (including phenoxy) is 1. The second-order valence-corrected chi connectivity index (χ2v) is 5.24. The topological polar surface area (TPSA) is 109 Å². The van der Waals surface area contributed by atoms with Crippen LogP contribution >= 0.6 is 0 Å². The Hall–Kier alpha value is -3.97.